The first kappa shape index (κ1) is 9.27. The molecule has 0 radical (unpaired) electrons. The van der Waals surface area contributed by atoms with Gasteiger partial charge < -0.3 is 4.74 Å². The Morgan fingerprint density at radius 1 is 1.33 bits per heavy atom. The molecule has 1 nitrogen and oxygen atoms in total. The molecule has 0 aliphatic heterocycles. The summed E-state index contributed by atoms with van der Waals surface area (Å²) in [5.74, 6) is 0. The summed E-state index contributed by atoms with van der Waals surface area (Å²) >= 11 is 0. The third-order valence-corrected chi connectivity index (χ3v) is 1.82. The van der Waals surface area contributed by atoms with Crippen molar-refractivity contribution in [1.82, 2.24) is 0 Å². The molecule has 1 rings (SSSR count). The van der Waals surface area contributed by atoms with Crippen molar-refractivity contribution >= 4 is 0 Å². The molecule has 66 valence electrons. The van der Waals surface area contributed by atoms with Crippen LogP contribution in [-0.2, 0) is 11.2 Å². The molecular formula is C11H16O. The van der Waals surface area contributed by atoms with E-state index in [0.717, 1.165) is 19.6 Å². The fraction of sp³-hybridized carbons (Fsp3) is 0.455. The second-order valence-corrected chi connectivity index (χ2v) is 2.94. The Kier molecular flexibility index (Phi) is 3.81. The molecule has 0 atom stereocenters. The smallest absolute Gasteiger partial charge is 0.0506 e. The van der Waals surface area contributed by atoms with E-state index >= 15 is 0 Å². The molecule has 0 N–H and O–H groups in total. The number of aryl methyl sites for hydroxylation is 1. The maximum absolute atomic E-state index is 5.28. The monoisotopic (exact) mass is 164 g/mol. The first-order valence-corrected chi connectivity index (χ1v) is 4.46. The lowest BCUT2D eigenvalue weighted by molar-refractivity contribution is 0.151. The van der Waals surface area contributed by atoms with Gasteiger partial charge in [-0.2, -0.15) is 0 Å². The zero-order valence-electron chi connectivity index (χ0n) is 7.84. The summed E-state index contributed by atoms with van der Waals surface area (Å²) in [5.41, 5.74) is 2.69. The fourth-order valence-electron chi connectivity index (χ4n) is 1.20. The van der Waals surface area contributed by atoms with Gasteiger partial charge in [0.05, 0.1) is 6.61 Å². The van der Waals surface area contributed by atoms with E-state index < -0.39 is 0 Å². The van der Waals surface area contributed by atoms with Crippen LogP contribution in [0.2, 0.25) is 0 Å². The average molecular weight is 164 g/mol. The highest BCUT2D eigenvalue weighted by Crippen LogP contribution is 2.04. The van der Waals surface area contributed by atoms with E-state index in [-0.39, 0.29) is 0 Å². The maximum Gasteiger partial charge on any atom is 0.0506 e. The topological polar surface area (TPSA) is 9.23 Å². The normalized spacial score (nSPS) is 10.2. The van der Waals surface area contributed by atoms with Crippen LogP contribution in [0.15, 0.2) is 24.3 Å². The van der Waals surface area contributed by atoms with E-state index in [2.05, 4.69) is 31.2 Å². The quantitative estimate of drug-likeness (QED) is 0.621. The van der Waals surface area contributed by atoms with Crippen molar-refractivity contribution in [1.29, 1.82) is 0 Å². The molecule has 12 heavy (non-hydrogen) atoms. The Bertz CT molecular complexity index is 230. The molecule has 0 heterocycles. The lowest BCUT2D eigenvalue weighted by Gasteiger charge is -2.02. The minimum Gasteiger partial charge on any atom is -0.381 e. The van der Waals surface area contributed by atoms with Crippen LogP contribution in [0.1, 0.15) is 18.1 Å². The van der Waals surface area contributed by atoms with E-state index in [9.17, 15) is 0 Å². The molecule has 0 aliphatic carbocycles. The van der Waals surface area contributed by atoms with E-state index in [4.69, 9.17) is 4.74 Å². The number of ether oxygens (including phenoxy) is 1. The van der Waals surface area contributed by atoms with Crippen LogP contribution < -0.4 is 0 Å². The molecule has 0 saturated carbocycles. The van der Waals surface area contributed by atoms with Crippen LogP contribution in [0, 0.1) is 6.92 Å². The third kappa shape index (κ3) is 3.05. The molecule has 0 saturated heterocycles. The SMILES string of the molecule is CCOCCc1cccc(C)c1. The van der Waals surface area contributed by atoms with Crippen molar-refractivity contribution in [2.75, 3.05) is 13.2 Å². The Balaban J connectivity index is 2.41. The highest BCUT2D eigenvalue weighted by Gasteiger charge is 1.92. The zero-order chi connectivity index (χ0) is 8.81. The van der Waals surface area contributed by atoms with Gasteiger partial charge in [-0.25, -0.2) is 0 Å². The molecule has 0 aromatic heterocycles. The van der Waals surface area contributed by atoms with Crippen LogP contribution in [0.25, 0.3) is 0 Å². The maximum atomic E-state index is 5.28. The zero-order valence-corrected chi connectivity index (χ0v) is 7.84. The van der Waals surface area contributed by atoms with Gasteiger partial charge in [-0.15, -0.1) is 0 Å². The van der Waals surface area contributed by atoms with E-state index in [1.165, 1.54) is 11.1 Å². The minimum absolute atomic E-state index is 0.811. The summed E-state index contributed by atoms with van der Waals surface area (Å²) in [5, 5.41) is 0. The molecule has 1 aromatic carbocycles. The molecule has 1 aromatic rings. The number of benzene rings is 1. The van der Waals surface area contributed by atoms with Gasteiger partial charge in [0.25, 0.3) is 0 Å². The number of rotatable bonds is 4. The molecule has 0 spiro atoms. The van der Waals surface area contributed by atoms with Crippen LogP contribution in [-0.4, -0.2) is 13.2 Å². The number of hydrogen-bond acceptors (Lipinski definition) is 1. The van der Waals surface area contributed by atoms with Gasteiger partial charge in [0.1, 0.15) is 0 Å². The van der Waals surface area contributed by atoms with Gasteiger partial charge in [-0.05, 0) is 25.8 Å². The largest absolute Gasteiger partial charge is 0.381 e. The lowest BCUT2D eigenvalue weighted by atomic mass is 10.1. The average Bonchev–Trinajstić information content (AvgIpc) is 2.05. The van der Waals surface area contributed by atoms with Gasteiger partial charge in [-0.3, -0.25) is 0 Å². The van der Waals surface area contributed by atoms with E-state index in [1.54, 1.807) is 0 Å². The fourth-order valence-corrected chi connectivity index (χ4v) is 1.20. The Morgan fingerprint density at radius 2 is 2.17 bits per heavy atom. The Labute approximate surface area is 74.4 Å². The first-order valence-electron chi connectivity index (χ1n) is 4.46. The number of hydrogen-bond donors (Lipinski definition) is 0. The second kappa shape index (κ2) is 4.94. The Morgan fingerprint density at radius 3 is 2.83 bits per heavy atom. The molecule has 0 amide bonds. The summed E-state index contributed by atoms with van der Waals surface area (Å²) in [6.45, 7) is 5.78. The molecular weight excluding hydrogens is 148 g/mol. The summed E-state index contributed by atoms with van der Waals surface area (Å²) in [6.07, 6.45) is 1.02. The third-order valence-electron chi connectivity index (χ3n) is 1.82. The minimum atomic E-state index is 0.811. The highest BCUT2D eigenvalue weighted by molar-refractivity contribution is 5.22. The molecule has 1 heteroatoms. The molecule has 0 aliphatic rings. The van der Waals surface area contributed by atoms with Crippen LogP contribution >= 0.6 is 0 Å². The second-order valence-electron chi connectivity index (χ2n) is 2.94. The van der Waals surface area contributed by atoms with Crippen molar-refractivity contribution in [3.63, 3.8) is 0 Å². The van der Waals surface area contributed by atoms with E-state index in [0.29, 0.717) is 0 Å². The first-order chi connectivity index (χ1) is 5.83. The van der Waals surface area contributed by atoms with Gasteiger partial charge in [0.15, 0.2) is 0 Å². The summed E-state index contributed by atoms with van der Waals surface area (Å²) < 4.78 is 5.28. The van der Waals surface area contributed by atoms with Gasteiger partial charge in [0.2, 0.25) is 0 Å². The predicted octanol–water partition coefficient (Wildman–Crippen LogP) is 2.57. The summed E-state index contributed by atoms with van der Waals surface area (Å²) in [6, 6.07) is 8.56. The van der Waals surface area contributed by atoms with Gasteiger partial charge in [0, 0.05) is 6.61 Å². The predicted molar refractivity (Wildman–Crippen MR) is 51.4 cm³/mol. The standard InChI is InChI=1S/C11H16O/c1-3-12-8-7-11-6-4-5-10(2)9-11/h4-6,9H,3,7-8H2,1-2H3. The van der Waals surface area contributed by atoms with Crippen LogP contribution in [0.4, 0.5) is 0 Å². The van der Waals surface area contributed by atoms with Crippen molar-refractivity contribution < 1.29 is 4.74 Å². The highest BCUT2D eigenvalue weighted by atomic mass is 16.5. The van der Waals surface area contributed by atoms with Gasteiger partial charge >= 0.3 is 0 Å². The van der Waals surface area contributed by atoms with E-state index in [1.807, 2.05) is 6.92 Å². The Hall–Kier alpha value is -0.820. The van der Waals surface area contributed by atoms with Crippen LogP contribution in [0.3, 0.4) is 0 Å². The molecule has 0 fully saturated rings. The van der Waals surface area contributed by atoms with Crippen molar-refractivity contribution in [2.24, 2.45) is 0 Å². The van der Waals surface area contributed by atoms with Crippen LogP contribution in [0.5, 0.6) is 0 Å². The molecule has 0 bridgehead atoms. The van der Waals surface area contributed by atoms with Crippen molar-refractivity contribution in [2.45, 2.75) is 20.3 Å². The molecule has 0 unspecified atom stereocenters. The summed E-state index contributed by atoms with van der Waals surface area (Å²) in [7, 11) is 0. The summed E-state index contributed by atoms with van der Waals surface area (Å²) in [4.78, 5) is 0. The van der Waals surface area contributed by atoms with Gasteiger partial charge in [-0.1, -0.05) is 29.8 Å². The van der Waals surface area contributed by atoms with Crippen molar-refractivity contribution in [3.05, 3.63) is 35.4 Å². The van der Waals surface area contributed by atoms with Crippen molar-refractivity contribution in [3.8, 4) is 0 Å². The lowest BCUT2D eigenvalue weighted by Crippen LogP contribution is -1.97.